The lowest BCUT2D eigenvalue weighted by atomic mass is 10.1. The van der Waals surface area contributed by atoms with Crippen molar-refractivity contribution in [2.24, 2.45) is 0 Å². The lowest BCUT2D eigenvalue weighted by molar-refractivity contribution is -0.119. The van der Waals surface area contributed by atoms with Crippen LogP contribution in [-0.4, -0.2) is 37.5 Å². The van der Waals surface area contributed by atoms with Gasteiger partial charge < -0.3 is 15.3 Å². The summed E-state index contributed by atoms with van der Waals surface area (Å²) in [4.78, 5) is 1.11. The second-order valence-electron chi connectivity index (χ2n) is 4.71. The molecule has 0 radical (unpaired) electrons. The van der Waals surface area contributed by atoms with Crippen LogP contribution >= 0.6 is 11.6 Å². The third-order valence-corrected chi connectivity index (χ3v) is 3.11. The molecule has 1 rings (SSSR count). The number of anilines is 1. The molecule has 0 fully saturated rings. The molecule has 0 aromatic heterocycles. The fourth-order valence-corrected chi connectivity index (χ4v) is 2.17. The Balaban J connectivity index is 3.00. The first-order valence-corrected chi connectivity index (χ1v) is 7.17. The summed E-state index contributed by atoms with van der Waals surface area (Å²) >= 11 is 5.90. The van der Waals surface area contributed by atoms with E-state index in [9.17, 15) is 13.2 Å². The maximum Gasteiger partial charge on any atom is 0.405 e. The van der Waals surface area contributed by atoms with Crippen LogP contribution < -0.4 is 10.2 Å². The summed E-state index contributed by atoms with van der Waals surface area (Å²) in [5.41, 5.74) is 1.13. The van der Waals surface area contributed by atoms with Gasteiger partial charge >= 0.3 is 6.18 Å². The molecule has 1 aromatic rings. The van der Waals surface area contributed by atoms with Crippen LogP contribution in [0.1, 0.15) is 18.9 Å². The summed E-state index contributed by atoms with van der Waals surface area (Å²) in [6, 6.07) is 4.87. The van der Waals surface area contributed by atoms with E-state index in [0.29, 0.717) is 17.3 Å². The van der Waals surface area contributed by atoms with E-state index in [1.807, 2.05) is 6.92 Å². The van der Waals surface area contributed by atoms with Crippen molar-refractivity contribution in [2.75, 3.05) is 31.1 Å². The van der Waals surface area contributed by atoms with Crippen LogP contribution in [0, 0.1) is 0 Å². The molecule has 0 aliphatic carbocycles. The standard InChI is InChI=1S/C14H20ClF3N2O/c1-2-5-19-9-11-3-4-12(15)8-13(11)20(6-7-21)10-14(16,17)18/h3-4,8,19,21H,2,5-7,9-10H2,1H3. The van der Waals surface area contributed by atoms with Crippen molar-refractivity contribution in [1.82, 2.24) is 5.32 Å². The summed E-state index contributed by atoms with van der Waals surface area (Å²) < 4.78 is 38.0. The zero-order valence-electron chi connectivity index (χ0n) is 11.9. The van der Waals surface area contributed by atoms with Crippen LogP contribution in [0.5, 0.6) is 0 Å². The van der Waals surface area contributed by atoms with E-state index < -0.39 is 12.7 Å². The van der Waals surface area contributed by atoms with E-state index in [1.165, 1.54) is 6.07 Å². The van der Waals surface area contributed by atoms with Crippen molar-refractivity contribution in [3.8, 4) is 0 Å². The molecular formula is C14H20ClF3N2O. The molecule has 7 heteroatoms. The number of benzene rings is 1. The van der Waals surface area contributed by atoms with E-state index in [4.69, 9.17) is 16.7 Å². The molecule has 0 unspecified atom stereocenters. The second kappa shape index (κ2) is 8.46. The van der Waals surface area contributed by atoms with Gasteiger partial charge in [-0.3, -0.25) is 0 Å². The average molecular weight is 325 g/mol. The quantitative estimate of drug-likeness (QED) is 0.721. The molecule has 2 N–H and O–H groups in total. The third-order valence-electron chi connectivity index (χ3n) is 2.87. The summed E-state index contributed by atoms with van der Waals surface area (Å²) in [7, 11) is 0. The molecular weight excluding hydrogens is 305 g/mol. The molecule has 0 bridgehead atoms. The number of nitrogens with one attached hydrogen (secondary N) is 1. The van der Waals surface area contributed by atoms with Gasteiger partial charge in [0.15, 0.2) is 0 Å². The Kier molecular flexibility index (Phi) is 7.28. The van der Waals surface area contributed by atoms with Crippen LogP contribution in [0.2, 0.25) is 5.02 Å². The van der Waals surface area contributed by atoms with Crippen LogP contribution in [0.15, 0.2) is 18.2 Å². The van der Waals surface area contributed by atoms with E-state index >= 15 is 0 Å². The van der Waals surface area contributed by atoms with Crippen molar-refractivity contribution >= 4 is 17.3 Å². The molecule has 0 aliphatic heterocycles. The smallest absolute Gasteiger partial charge is 0.395 e. The highest BCUT2D eigenvalue weighted by atomic mass is 35.5. The molecule has 0 aliphatic rings. The van der Waals surface area contributed by atoms with Gasteiger partial charge in [-0.1, -0.05) is 24.6 Å². The monoisotopic (exact) mass is 324 g/mol. The molecule has 3 nitrogen and oxygen atoms in total. The predicted molar refractivity (Wildman–Crippen MR) is 78.8 cm³/mol. The Morgan fingerprint density at radius 2 is 2.05 bits per heavy atom. The van der Waals surface area contributed by atoms with Crippen LogP contribution in [0.25, 0.3) is 0 Å². The van der Waals surface area contributed by atoms with Crippen LogP contribution in [0.3, 0.4) is 0 Å². The minimum Gasteiger partial charge on any atom is -0.395 e. The van der Waals surface area contributed by atoms with Gasteiger partial charge in [-0.15, -0.1) is 0 Å². The number of hydrogen-bond donors (Lipinski definition) is 2. The van der Waals surface area contributed by atoms with Crippen molar-refractivity contribution in [3.63, 3.8) is 0 Å². The fraction of sp³-hybridized carbons (Fsp3) is 0.571. The van der Waals surface area contributed by atoms with Gasteiger partial charge in [0.2, 0.25) is 0 Å². The predicted octanol–water partition coefficient (Wildman–Crippen LogP) is 3.20. The minimum absolute atomic E-state index is 0.0966. The van der Waals surface area contributed by atoms with Crippen LogP contribution in [-0.2, 0) is 6.54 Å². The highest BCUT2D eigenvalue weighted by Crippen LogP contribution is 2.28. The van der Waals surface area contributed by atoms with Crippen LogP contribution in [0.4, 0.5) is 18.9 Å². The summed E-state index contributed by atoms with van der Waals surface area (Å²) in [6.45, 7) is 1.68. The van der Waals surface area contributed by atoms with Crippen molar-refractivity contribution < 1.29 is 18.3 Å². The van der Waals surface area contributed by atoms with Crippen molar-refractivity contribution in [3.05, 3.63) is 28.8 Å². The summed E-state index contributed by atoms with van der Waals surface area (Å²) in [5.74, 6) is 0. The zero-order chi connectivity index (χ0) is 15.9. The lowest BCUT2D eigenvalue weighted by Crippen LogP contribution is -2.37. The first kappa shape index (κ1) is 18.1. The maximum atomic E-state index is 12.7. The molecule has 0 saturated carbocycles. The second-order valence-corrected chi connectivity index (χ2v) is 5.15. The molecule has 0 saturated heterocycles. The third kappa shape index (κ3) is 6.54. The van der Waals surface area contributed by atoms with E-state index in [-0.39, 0.29) is 13.2 Å². The fourth-order valence-electron chi connectivity index (χ4n) is 2.00. The highest BCUT2D eigenvalue weighted by Gasteiger charge is 2.31. The maximum absolute atomic E-state index is 12.7. The van der Waals surface area contributed by atoms with Crippen molar-refractivity contribution in [1.29, 1.82) is 0 Å². The normalized spacial score (nSPS) is 11.7. The van der Waals surface area contributed by atoms with Gasteiger partial charge in [0.25, 0.3) is 0 Å². The SMILES string of the molecule is CCCNCc1ccc(Cl)cc1N(CCO)CC(F)(F)F. The summed E-state index contributed by atoms with van der Waals surface area (Å²) in [5, 5.41) is 12.5. The van der Waals surface area contributed by atoms with E-state index in [1.54, 1.807) is 12.1 Å². The Hall–Kier alpha value is -0.980. The first-order chi connectivity index (χ1) is 9.87. The zero-order valence-corrected chi connectivity index (χ0v) is 12.6. The largest absolute Gasteiger partial charge is 0.405 e. The molecule has 0 atom stereocenters. The number of hydrogen-bond acceptors (Lipinski definition) is 3. The number of halogens is 4. The minimum atomic E-state index is -4.34. The number of rotatable bonds is 8. The van der Waals surface area contributed by atoms with Gasteiger partial charge in [-0.05, 0) is 30.7 Å². The van der Waals surface area contributed by atoms with Gasteiger partial charge in [0, 0.05) is 23.8 Å². The highest BCUT2D eigenvalue weighted by molar-refractivity contribution is 6.30. The van der Waals surface area contributed by atoms with Gasteiger partial charge in [-0.2, -0.15) is 13.2 Å². The number of nitrogens with zero attached hydrogens (tertiary/aromatic N) is 1. The topological polar surface area (TPSA) is 35.5 Å². The lowest BCUT2D eigenvalue weighted by Gasteiger charge is -2.27. The Morgan fingerprint density at radius 1 is 1.33 bits per heavy atom. The van der Waals surface area contributed by atoms with Crippen molar-refractivity contribution in [2.45, 2.75) is 26.1 Å². The Morgan fingerprint density at radius 3 is 2.62 bits per heavy atom. The van der Waals surface area contributed by atoms with E-state index in [0.717, 1.165) is 23.4 Å². The summed E-state index contributed by atoms with van der Waals surface area (Å²) in [6.07, 6.45) is -3.41. The van der Waals surface area contributed by atoms with Gasteiger partial charge in [0.05, 0.1) is 6.61 Å². The molecule has 120 valence electrons. The Bertz CT molecular complexity index is 441. The Labute approximate surface area is 127 Å². The average Bonchev–Trinajstić information content (AvgIpc) is 2.38. The number of aliphatic hydroxyl groups excluding tert-OH is 1. The molecule has 21 heavy (non-hydrogen) atoms. The number of aliphatic hydroxyl groups is 1. The van der Waals surface area contributed by atoms with Gasteiger partial charge in [0.1, 0.15) is 6.54 Å². The first-order valence-electron chi connectivity index (χ1n) is 6.79. The number of alkyl halides is 3. The molecule has 0 heterocycles. The van der Waals surface area contributed by atoms with E-state index in [2.05, 4.69) is 5.32 Å². The van der Waals surface area contributed by atoms with Gasteiger partial charge in [-0.25, -0.2) is 0 Å². The molecule has 0 spiro atoms. The molecule has 0 amide bonds. The molecule has 1 aromatic carbocycles.